The highest BCUT2D eigenvalue weighted by molar-refractivity contribution is 7.80. The van der Waals surface area contributed by atoms with Gasteiger partial charge < -0.3 is 19.9 Å². The lowest BCUT2D eigenvalue weighted by Gasteiger charge is -2.28. The van der Waals surface area contributed by atoms with Gasteiger partial charge in [-0.05, 0) is 93.1 Å². The summed E-state index contributed by atoms with van der Waals surface area (Å²) in [4.78, 5) is 18.1. The molecule has 5 rings (SSSR count). The average Bonchev–Trinajstić information content (AvgIpc) is 3.35. The van der Waals surface area contributed by atoms with Crippen molar-refractivity contribution in [3.05, 3.63) is 113 Å². The fraction of sp³-hybridized carbons (Fsp3) is 0.179. The number of hydrogen-bond acceptors (Lipinski definition) is 3. The van der Waals surface area contributed by atoms with Crippen LogP contribution in [0.4, 0.5) is 5.69 Å². The quantitative estimate of drug-likeness (QED) is 0.357. The number of hydrogen-bond donors (Lipinski definition) is 2. The molecule has 0 bridgehead atoms. The van der Waals surface area contributed by atoms with E-state index in [1.54, 1.807) is 18.3 Å². The molecule has 2 N–H and O–H groups in total. The average molecular weight is 483 g/mol. The standard InChI is InChI=1S/C28H26N4O2S/c1-17-7-11-22(12-8-17)32-26(25(30-28(32)35)24-6-4-5-15-29-24)23-16-18(2)31(19(23)3)21-13-9-20(10-14-21)27(33)34/h4-16,25-26H,1-3H3,(H,30,35)(H,33,34)/t25-,26+/m1/s1. The first-order valence-electron chi connectivity index (χ1n) is 11.4. The van der Waals surface area contributed by atoms with Crippen LogP contribution in [0, 0.1) is 20.8 Å². The molecule has 2 atom stereocenters. The van der Waals surface area contributed by atoms with Gasteiger partial charge in [0.05, 0.1) is 23.3 Å². The normalized spacial score (nSPS) is 17.5. The van der Waals surface area contributed by atoms with Gasteiger partial charge in [-0.3, -0.25) is 4.98 Å². The number of carboxylic acids is 1. The van der Waals surface area contributed by atoms with Crippen molar-refractivity contribution in [1.82, 2.24) is 14.9 Å². The minimum atomic E-state index is -0.935. The Kier molecular flexibility index (Phi) is 5.86. The van der Waals surface area contributed by atoms with Crippen molar-refractivity contribution < 1.29 is 9.90 Å². The van der Waals surface area contributed by atoms with Crippen molar-refractivity contribution >= 4 is 29.0 Å². The molecule has 35 heavy (non-hydrogen) atoms. The van der Waals surface area contributed by atoms with Crippen molar-refractivity contribution in [3.63, 3.8) is 0 Å². The van der Waals surface area contributed by atoms with Crippen molar-refractivity contribution in [2.24, 2.45) is 0 Å². The summed E-state index contributed by atoms with van der Waals surface area (Å²) in [5.41, 5.74) is 7.57. The molecule has 6 nitrogen and oxygen atoms in total. The zero-order valence-electron chi connectivity index (χ0n) is 19.8. The molecule has 4 aromatic rings. The summed E-state index contributed by atoms with van der Waals surface area (Å²) >= 11 is 5.85. The Morgan fingerprint density at radius 2 is 1.66 bits per heavy atom. The van der Waals surface area contributed by atoms with Gasteiger partial charge in [0.15, 0.2) is 5.11 Å². The second-order valence-corrected chi connectivity index (χ2v) is 9.23. The summed E-state index contributed by atoms with van der Waals surface area (Å²) in [7, 11) is 0. The predicted molar refractivity (Wildman–Crippen MR) is 141 cm³/mol. The molecule has 1 saturated heterocycles. The molecule has 0 aliphatic carbocycles. The third-order valence-corrected chi connectivity index (χ3v) is 6.89. The van der Waals surface area contributed by atoms with Crippen LogP contribution in [0.5, 0.6) is 0 Å². The second-order valence-electron chi connectivity index (χ2n) is 8.85. The summed E-state index contributed by atoms with van der Waals surface area (Å²) < 4.78 is 2.16. The van der Waals surface area contributed by atoms with Gasteiger partial charge in [-0.25, -0.2) is 4.79 Å². The summed E-state index contributed by atoms with van der Waals surface area (Å²) in [6.07, 6.45) is 1.80. The molecule has 0 saturated carbocycles. The van der Waals surface area contributed by atoms with E-state index in [0.29, 0.717) is 5.11 Å². The van der Waals surface area contributed by atoms with Crippen LogP contribution in [0.3, 0.4) is 0 Å². The van der Waals surface area contributed by atoms with Crippen molar-refractivity contribution in [2.45, 2.75) is 32.9 Å². The molecule has 2 aromatic carbocycles. The molecule has 2 aromatic heterocycles. The van der Waals surface area contributed by atoms with Gasteiger partial charge >= 0.3 is 5.97 Å². The number of benzene rings is 2. The number of aryl methyl sites for hydroxylation is 2. The van der Waals surface area contributed by atoms with Crippen LogP contribution in [0.25, 0.3) is 5.69 Å². The van der Waals surface area contributed by atoms with E-state index in [4.69, 9.17) is 12.2 Å². The molecule has 0 spiro atoms. The first kappa shape index (κ1) is 22.8. The van der Waals surface area contributed by atoms with E-state index in [-0.39, 0.29) is 17.6 Å². The van der Waals surface area contributed by atoms with Crippen molar-refractivity contribution in [2.75, 3.05) is 4.90 Å². The Labute approximate surface area is 209 Å². The summed E-state index contributed by atoms with van der Waals surface area (Å²) in [6, 6.07) is 23.2. The third-order valence-electron chi connectivity index (χ3n) is 6.57. The van der Waals surface area contributed by atoms with Crippen LogP contribution in [0.2, 0.25) is 0 Å². The third kappa shape index (κ3) is 4.08. The van der Waals surface area contributed by atoms with E-state index >= 15 is 0 Å². The smallest absolute Gasteiger partial charge is 0.335 e. The lowest BCUT2D eigenvalue weighted by molar-refractivity contribution is 0.0697. The highest BCUT2D eigenvalue weighted by atomic mass is 32.1. The first-order chi connectivity index (χ1) is 16.8. The highest BCUT2D eigenvalue weighted by Gasteiger charge is 2.42. The molecule has 0 amide bonds. The fourth-order valence-electron chi connectivity index (χ4n) is 4.89. The van der Waals surface area contributed by atoms with Crippen molar-refractivity contribution in [3.8, 4) is 5.69 Å². The van der Waals surface area contributed by atoms with Gasteiger partial charge in [-0.1, -0.05) is 23.8 Å². The Morgan fingerprint density at radius 1 is 0.971 bits per heavy atom. The topological polar surface area (TPSA) is 70.4 Å². The van der Waals surface area contributed by atoms with E-state index in [1.165, 1.54) is 5.56 Å². The minimum absolute atomic E-state index is 0.113. The molecule has 3 heterocycles. The van der Waals surface area contributed by atoms with E-state index in [0.717, 1.165) is 34.0 Å². The number of carbonyl (C=O) groups is 1. The van der Waals surface area contributed by atoms with Gasteiger partial charge in [0.25, 0.3) is 0 Å². The summed E-state index contributed by atoms with van der Waals surface area (Å²) in [6.45, 7) is 6.23. The summed E-state index contributed by atoms with van der Waals surface area (Å²) in [5, 5.41) is 13.5. The molecule has 1 aliphatic heterocycles. The van der Waals surface area contributed by atoms with E-state index in [9.17, 15) is 9.90 Å². The van der Waals surface area contributed by atoms with Gasteiger partial charge in [-0.2, -0.15) is 0 Å². The number of aromatic carboxylic acids is 1. The maximum atomic E-state index is 11.3. The molecule has 0 radical (unpaired) electrons. The molecular formula is C28H26N4O2S. The zero-order chi connectivity index (χ0) is 24.7. The summed E-state index contributed by atoms with van der Waals surface area (Å²) in [5.74, 6) is -0.935. The molecular weight excluding hydrogens is 456 g/mol. The van der Waals surface area contributed by atoms with Gasteiger partial charge in [-0.15, -0.1) is 0 Å². The number of anilines is 1. The lowest BCUT2D eigenvalue weighted by Crippen LogP contribution is -2.29. The SMILES string of the molecule is Cc1ccc(N2C(=S)N[C@H](c3ccccn3)[C@@H]2c2cc(C)n(-c3ccc(C(=O)O)cc3)c2C)cc1. The Bertz CT molecular complexity index is 1400. The number of carboxylic acid groups (broad SMARTS) is 1. The fourth-order valence-corrected chi connectivity index (χ4v) is 5.24. The van der Waals surface area contributed by atoms with Crippen LogP contribution < -0.4 is 10.2 Å². The maximum absolute atomic E-state index is 11.3. The molecule has 0 unspecified atom stereocenters. The Balaban J connectivity index is 1.65. The van der Waals surface area contributed by atoms with Crippen LogP contribution in [0.15, 0.2) is 79.0 Å². The van der Waals surface area contributed by atoms with Crippen molar-refractivity contribution in [1.29, 1.82) is 0 Å². The number of thiocarbonyl (C=S) groups is 1. The van der Waals surface area contributed by atoms with Crippen LogP contribution in [-0.4, -0.2) is 25.7 Å². The van der Waals surface area contributed by atoms with E-state index in [1.807, 2.05) is 30.3 Å². The van der Waals surface area contributed by atoms with Crippen LogP contribution >= 0.6 is 12.2 Å². The zero-order valence-corrected chi connectivity index (χ0v) is 20.6. The second kappa shape index (κ2) is 9.00. The van der Waals surface area contributed by atoms with Gasteiger partial charge in [0.2, 0.25) is 0 Å². The molecule has 1 fully saturated rings. The van der Waals surface area contributed by atoms with Crippen LogP contribution in [-0.2, 0) is 0 Å². The minimum Gasteiger partial charge on any atom is -0.478 e. The monoisotopic (exact) mass is 482 g/mol. The number of pyridine rings is 1. The number of nitrogens with one attached hydrogen (secondary N) is 1. The molecule has 7 heteroatoms. The Hall–Kier alpha value is -3.97. The van der Waals surface area contributed by atoms with Crippen LogP contribution in [0.1, 0.15) is 50.7 Å². The molecule has 176 valence electrons. The number of nitrogens with zero attached hydrogens (tertiary/aromatic N) is 3. The first-order valence-corrected chi connectivity index (χ1v) is 11.9. The number of rotatable bonds is 5. The largest absolute Gasteiger partial charge is 0.478 e. The highest BCUT2D eigenvalue weighted by Crippen LogP contribution is 2.43. The number of aromatic nitrogens is 2. The predicted octanol–water partition coefficient (Wildman–Crippen LogP) is 5.67. The van der Waals surface area contributed by atoms with Gasteiger partial charge in [0.1, 0.15) is 0 Å². The van der Waals surface area contributed by atoms with Gasteiger partial charge in [0, 0.05) is 29.0 Å². The maximum Gasteiger partial charge on any atom is 0.335 e. The Morgan fingerprint density at radius 3 is 2.29 bits per heavy atom. The van der Waals surface area contributed by atoms with E-state index in [2.05, 4.69) is 70.9 Å². The molecule has 1 aliphatic rings. The van der Waals surface area contributed by atoms with E-state index < -0.39 is 5.97 Å². The lowest BCUT2D eigenvalue weighted by atomic mass is 9.96.